The molecule has 0 N–H and O–H groups in total. The van der Waals surface area contributed by atoms with Crippen LogP contribution < -0.4 is 9.47 Å². The highest BCUT2D eigenvalue weighted by molar-refractivity contribution is 7.91. The predicted molar refractivity (Wildman–Crippen MR) is 108 cm³/mol. The van der Waals surface area contributed by atoms with Crippen molar-refractivity contribution < 1.29 is 35.9 Å². The van der Waals surface area contributed by atoms with Crippen LogP contribution in [0.5, 0.6) is 17.4 Å². The topological polar surface area (TPSA) is 90.7 Å². The zero-order valence-corrected chi connectivity index (χ0v) is 17.6. The number of halogens is 3. The van der Waals surface area contributed by atoms with Crippen LogP contribution in [0.3, 0.4) is 0 Å². The quantitative estimate of drug-likeness (QED) is 0.583. The summed E-state index contributed by atoms with van der Waals surface area (Å²) in [4.78, 5) is 18.7. The second-order valence-electron chi connectivity index (χ2n) is 7.23. The van der Waals surface area contributed by atoms with E-state index in [1.54, 1.807) is 23.9 Å². The Kier molecular flexibility index (Phi) is 5.49. The van der Waals surface area contributed by atoms with Gasteiger partial charge >= 0.3 is 6.36 Å². The maximum absolute atomic E-state index is 13.0. The first-order valence-corrected chi connectivity index (χ1v) is 11.3. The lowest BCUT2D eigenvalue weighted by Gasteiger charge is -2.27. The fourth-order valence-corrected chi connectivity index (χ4v) is 4.66. The Bertz CT molecular complexity index is 1270. The van der Waals surface area contributed by atoms with E-state index in [0.29, 0.717) is 10.9 Å². The molecule has 3 aromatic rings. The van der Waals surface area contributed by atoms with Gasteiger partial charge in [0, 0.05) is 38.6 Å². The number of sulfone groups is 1. The number of hydrogen-bond acceptors (Lipinski definition) is 6. The number of aryl methyl sites for hydroxylation is 1. The molecular formula is C20H18F3N3O5S. The molecule has 1 fully saturated rings. The van der Waals surface area contributed by atoms with Gasteiger partial charge in [-0.2, -0.15) is 0 Å². The van der Waals surface area contributed by atoms with Crippen molar-refractivity contribution in [2.24, 2.45) is 7.05 Å². The maximum atomic E-state index is 13.0. The molecule has 0 spiro atoms. The molecule has 0 radical (unpaired) electrons. The molecule has 0 saturated carbocycles. The van der Waals surface area contributed by atoms with Gasteiger partial charge in [0.25, 0.3) is 5.91 Å². The molecule has 1 saturated heterocycles. The first kappa shape index (κ1) is 21.9. The Morgan fingerprint density at radius 2 is 1.81 bits per heavy atom. The lowest BCUT2D eigenvalue weighted by molar-refractivity contribution is -0.274. The molecule has 2 aromatic heterocycles. The number of rotatable bonds is 4. The van der Waals surface area contributed by atoms with E-state index < -0.39 is 21.9 Å². The van der Waals surface area contributed by atoms with Gasteiger partial charge in [0.05, 0.1) is 28.0 Å². The first-order valence-electron chi connectivity index (χ1n) is 9.50. The van der Waals surface area contributed by atoms with E-state index in [0.717, 1.165) is 12.1 Å². The minimum Gasteiger partial charge on any atom is -0.438 e. The molecule has 3 heterocycles. The van der Waals surface area contributed by atoms with Crippen LogP contribution >= 0.6 is 0 Å². The molecule has 12 heteroatoms. The highest BCUT2D eigenvalue weighted by atomic mass is 32.2. The number of aromatic nitrogens is 2. The van der Waals surface area contributed by atoms with Crippen LogP contribution in [0.25, 0.3) is 10.9 Å². The second kappa shape index (κ2) is 8.01. The van der Waals surface area contributed by atoms with Crippen molar-refractivity contribution in [1.82, 2.24) is 14.5 Å². The van der Waals surface area contributed by atoms with Gasteiger partial charge in [-0.25, -0.2) is 13.4 Å². The zero-order chi connectivity index (χ0) is 23.1. The highest BCUT2D eigenvalue weighted by Gasteiger charge is 2.31. The molecule has 8 nitrogen and oxygen atoms in total. The monoisotopic (exact) mass is 469 g/mol. The van der Waals surface area contributed by atoms with Crippen molar-refractivity contribution in [1.29, 1.82) is 0 Å². The van der Waals surface area contributed by atoms with E-state index in [1.807, 2.05) is 0 Å². The zero-order valence-electron chi connectivity index (χ0n) is 16.8. The minimum absolute atomic E-state index is 0.0738. The number of fused-ring (bicyclic) bond motifs is 1. The average Bonchev–Trinajstić information content (AvgIpc) is 3.09. The van der Waals surface area contributed by atoms with Gasteiger partial charge in [0.2, 0.25) is 5.88 Å². The van der Waals surface area contributed by atoms with Crippen molar-refractivity contribution in [3.8, 4) is 17.4 Å². The molecule has 0 bridgehead atoms. The minimum atomic E-state index is -4.83. The van der Waals surface area contributed by atoms with E-state index >= 15 is 0 Å². The summed E-state index contributed by atoms with van der Waals surface area (Å²) in [5, 5.41) is 0.477. The number of alkyl halides is 3. The smallest absolute Gasteiger partial charge is 0.438 e. The van der Waals surface area contributed by atoms with E-state index in [-0.39, 0.29) is 47.7 Å². The summed E-state index contributed by atoms with van der Waals surface area (Å²) in [6.45, 7) is 0.189. The molecule has 1 aromatic carbocycles. The fraction of sp³-hybridized carbons (Fsp3) is 0.300. The molecule has 1 aliphatic rings. The SMILES string of the molecule is Cn1ccc2c(Oc3cccc(OC(F)(F)F)c3)ncc(C(=O)N3CCS(=O)(=O)CC3)c21. The summed E-state index contributed by atoms with van der Waals surface area (Å²) in [6.07, 6.45) is -1.82. The number of hydrogen-bond donors (Lipinski definition) is 0. The van der Waals surface area contributed by atoms with Crippen LogP contribution in [0, 0.1) is 0 Å². The standard InChI is InChI=1S/C20H18F3N3O5S/c1-25-6-5-15-17(25)16(19(27)26-7-9-32(28,29)10-8-26)12-24-18(15)30-13-3-2-4-14(11-13)31-20(21,22)23/h2-6,11-12H,7-10H2,1H3. The van der Waals surface area contributed by atoms with Crippen LogP contribution in [0.4, 0.5) is 13.2 Å². The molecule has 1 amide bonds. The summed E-state index contributed by atoms with van der Waals surface area (Å²) in [7, 11) is -1.42. The van der Waals surface area contributed by atoms with Gasteiger partial charge in [0.15, 0.2) is 9.84 Å². The number of benzene rings is 1. The van der Waals surface area contributed by atoms with Crippen LogP contribution in [0.2, 0.25) is 0 Å². The largest absolute Gasteiger partial charge is 0.573 e. The third-order valence-electron chi connectivity index (χ3n) is 4.98. The number of nitrogens with zero attached hydrogens (tertiary/aromatic N) is 3. The number of pyridine rings is 1. The maximum Gasteiger partial charge on any atom is 0.573 e. The number of ether oxygens (including phenoxy) is 2. The average molecular weight is 469 g/mol. The number of amides is 1. The fourth-order valence-electron chi connectivity index (χ4n) is 3.46. The normalized spacial score (nSPS) is 16.2. The van der Waals surface area contributed by atoms with Crippen molar-refractivity contribution in [2.75, 3.05) is 24.6 Å². The van der Waals surface area contributed by atoms with Gasteiger partial charge < -0.3 is 18.9 Å². The Balaban J connectivity index is 1.64. The van der Waals surface area contributed by atoms with E-state index in [4.69, 9.17) is 4.74 Å². The summed E-state index contributed by atoms with van der Waals surface area (Å²) in [5.41, 5.74) is 0.782. The van der Waals surface area contributed by atoms with Gasteiger partial charge in [-0.15, -0.1) is 13.2 Å². The van der Waals surface area contributed by atoms with Crippen molar-refractivity contribution in [2.45, 2.75) is 6.36 Å². The second-order valence-corrected chi connectivity index (χ2v) is 9.54. The Labute approximate surface area is 181 Å². The van der Waals surface area contributed by atoms with Crippen LogP contribution in [-0.2, 0) is 16.9 Å². The lowest BCUT2D eigenvalue weighted by atomic mass is 10.2. The van der Waals surface area contributed by atoms with Crippen molar-refractivity contribution >= 4 is 26.6 Å². The first-order chi connectivity index (χ1) is 15.0. The summed E-state index contributed by atoms with van der Waals surface area (Å²) in [5.74, 6) is -0.815. The number of carbonyl (C=O) groups excluding carboxylic acids is 1. The predicted octanol–water partition coefficient (Wildman–Crippen LogP) is 3.13. The molecule has 0 aliphatic carbocycles. The van der Waals surface area contributed by atoms with Crippen molar-refractivity contribution in [3.05, 3.63) is 48.3 Å². The highest BCUT2D eigenvalue weighted by Crippen LogP contribution is 2.33. The molecule has 170 valence electrons. The molecule has 32 heavy (non-hydrogen) atoms. The molecule has 0 unspecified atom stereocenters. The Morgan fingerprint density at radius 1 is 1.12 bits per heavy atom. The Hall–Kier alpha value is -3.28. The molecule has 0 atom stereocenters. The van der Waals surface area contributed by atoms with E-state index in [1.165, 1.54) is 23.2 Å². The van der Waals surface area contributed by atoms with E-state index in [9.17, 15) is 26.4 Å². The van der Waals surface area contributed by atoms with Crippen molar-refractivity contribution in [3.63, 3.8) is 0 Å². The lowest BCUT2D eigenvalue weighted by Crippen LogP contribution is -2.43. The third-order valence-corrected chi connectivity index (χ3v) is 6.59. The van der Waals surface area contributed by atoms with Gasteiger partial charge in [-0.1, -0.05) is 6.07 Å². The molecule has 1 aliphatic heterocycles. The summed E-state index contributed by atoms with van der Waals surface area (Å²) < 4.78 is 72.0. The van der Waals surface area contributed by atoms with Gasteiger partial charge in [0.1, 0.15) is 11.5 Å². The van der Waals surface area contributed by atoms with E-state index in [2.05, 4.69) is 9.72 Å². The third kappa shape index (κ3) is 4.64. The summed E-state index contributed by atoms with van der Waals surface area (Å²) in [6, 6.07) is 6.70. The van der Waals surface area contributed by atoms with Crippen LogP contribution in [0.15, 0.2) is 42.7 Å². The van der Waals surface area contributed by atoms with Gasteiger partial charge in [-0.3, -0.25) is 4.79 Å². The summed E-state index contributed by atoms with van der Waals surface area (Å²) >= 11 is 0. The van der Waals surface area contributed by atoms with Crippen LogP contribution in [0.1, 0.15) is 10.4 Å². The Morgan fingerprint density at radius 3 is 2.50 bits per heavy atom. The van der Waals surface area contributed by atoms with Gasteiger partial charge in [-0.05, 0) is 18.2 Å². The van der Waals surface area contributed by atoms with Crippen LogP contribution in [-0.4, -0.2) is 59.7 Å². The number of carbonyl (C=O) groups is 1. The molecule has 4 rings (SSSR count). The molecular weight excluding hydrogens is 451 g/mol.